The molecule has 1 heterocycles. The van der Waals surface area contributed by atoms with E-state index in [2.05, 4.69) is 29.2 Å². The number of fused-ring (bicyclic) bond motifs is 1. The van der Waals surface area contributed by atoms with E-state index in [1.54, 1.807) is 0 Å². The lowest BCUT2D eigenvalue weighted by atomic mass is 10.0. The highest BCUT2D eigenvalue weighted by molar-refractivity contribution is 5.85. The molecule has 2 atom stereocenters. The molecule has 1 aliphatic carbocycles. The van der Waals surface area contributed by atoms with Crippen molar-refractivity contribution in [3.05, 3.63) is 42.2 Å². The van der Waals surface area contributed by atoms with Gasteiger partial charge in [0.2, 0.25) is 0 Å². The summed E-state index contributed by atoms with van der Waals surface area (Å²) in [6, 6.07) is 8.81. The van der Waals surface area contributed by atoms with Crippen molar-refractivity contribution in [2.24, 2.45) is 5.73 Å². The van der Waals surface area contributed by atoms with Crippen LogP contribution in [0.2, 0.25) is 0 Å². The summed E-state index contributed by atoms with van der Waals surface area (Å²) in [4.78, 5) is 4.12. The molecule has 14 heavy (non-hydrogen) atoms. The van der Waals surface area contributed by atoms with Crippen LogP contribution < -0.4 is 5.73 Å². The van der Waals surface area contributed by atoms with Crippen molar-refractivity contribution in [1.29, 1.82) is 0 Å². The second-order valence-corrected chi connectivity index (χ2v) is 3.95. The number of benzene rings is 1. The van der Waals surface area contributed by atoms with Crippen molar-refractivity contribution >= 4 is 10.8 Å². The maximum atomic E-state index is 5.87. The van der Waals surface area contributed by atoms with Crippen LogP contribution in [0.3, 0.4) is 0 Å². The topological polar surface area (TPSA) is 38.9 Å². The van der Waals surface area contributed by atoms with Crippen molar-refractivity contribution < 1.29 is 0 Å². The number of nitrogens with two attached hydrogens (primary N) is 1. The Balaban J connectivity index is 2.23. The molecule has 2 aromatic rings. The number of pyridine rings is 1. The number of rotatable bonds is 1. The number of hydrogen-bond donors (Lipinski definition) is 1. The van der Waals surface area contributed by atoms with Gasteiger partial charge in [-0.2, -0.15) is 0 Å². The first-order chi connectivity index (χ1) is 6.86. The van der Waals surface area contributed by atoms with Crippen LogP contribution in [0.4, 0.5) is 0 Å². The van der Waals surface area contributed by atoms with Crippen LogP contribution >= 0.6 is 0 Å². The van der Waals surface area contributed by atoms with Gasteiger partial charge in [0.15, 0.2) is 0 Å². The van der Waals surface area contributed by atoms with Gasteiger partial charge in [-0.25, -0.2) is 0 Å². The van der Waals surface area contributed by atoms with E-state index in [0.717, 1.165) is 6.42 Å². The van der Waals surface area contributed by atoms with Crippen molar-refractivity contribution in [3.8, 4) is 0 Å². The third-order valence-electron chi connectivity index (χ3n) is 2.95. The second-order valence-electron chi connectivity index (χ2n) is 3.95. The summed E-state index contributed by atoms with van der Waals surface area (Å²) >= 11 is 0. The summed E-state index contributed by atoms with van der Waals surface area (Å²) in [5.41, 5.74) is 7.26. The zero-order valence-corrected chi connectivity index (χ0v) is 7.85. The van der Waals surface area contributed by atoms with Crippen LogP contribution in [0.1, 0.15) is 17.9 Å². The van der Waals surface area contributed by atoms with Gasteiger partial charge in [0.05, 0.1) is 0 Å². The van der Waals surface area contributed by atoms with Crippen LogP contribution in [-0.4, -0.2) is 11.0 Å². The molecule has 1 aliphatic rings. The standard InChI is InChI=1S/C12H12N2/c13-12-6-11(12)10-3-1-2-8-7-14-5-4-9(8)10/h1-5,7,11-12H,6,13H2/t11-,12+/m0/s1. The summed E-state index contributed by atoms with van der Waals surface area (Å²) in [5, 5.41) is 2.52. The summed E-state index contributed by atoms with van der Waals surface area (Å²) in [7, 11) is 0. The molecule has 0 aliphatic heterocycles. The average Bonchev–Trinajstić information content (AvgIpc) is 2.95. The van der Waals surface area contributed by atoms with E-state index in [-0.39, 0.29) is 0 Å². The quantitative estimate of drug-likeness (QED) is 0.736. The third-order valence-corrected chi connectivity index (χ3v) is 2.95. The highest BCUT2D eigenvalue weighted by Gasteiger charge is 2.35. The Morgan fingerprint density at radius 2 is 2.14 bits per heavy atom. The molecule has 2 N–H and O–H groups in total. The summed E-state index contributed by atoms with van der Waals surface area (Å²) in [6.45, 7) is 0. The molecule has 0 radical (unpaired) electrons. The molecule has 2 nitrogen and oxygen atoms in total. The van der Waals surface area contributed by atoms with Gasteiger partial charge in [-0.05, 0) is 23.4 Å². The zero-order valence-electron chi connectivity index (χ0n) is 7.85. The zero-order chi connectivity index (χ0) is 9.54. The van der Waals surface area contributed by atoms with E-state index in [1.807, 2.05) is 12.4 Å². The minimum atomic E-state index is 0.369. The molecule has 1 aromatic carbocycles. The fraction of sp³-hybridized carbons (Fsp3) is 0.250. The molecule has 0 bridgehead atoms. The maximum Gasteiger partial charge on any atom is 0.0346 e. The van der Waals surface area contributed by atoms with E-state index in [4.69, 9.17) is 5.73 Å². The number of nitrogens with zero attached hydrogens (tertiary/aromatic N) is 1. The fourth-order valence-corrected chi connectivity index (χ4v) is 2.04. The van der Waals surface area contributed by atoms with Gasteiger partial charge in [0.25, 0.3) is 0 Å². The first kappa shape index (κ1) is 7.94. The Hall–Kier alpha value is -1.41. The first-order valence-corrected chi connectivity index (χ1v) is 4.94. The Morgan fingerprint density at radius 1 is 1.29 bits per heavy atom. The van der Waals surface area contributed by atoms with E-state index < -0.39 is 0 Å². The van der Waals surface area contributed by atoms with Gasteiger partial charge >= 0.3 is 0 Å². The van der Waals surface area contributed by atoms with Crippen LogP contribution in [0.15, 0.2) is 36.7 Å². The lowest BCUT2D eigenvalue weighted by Gasteiger charge is -2.04. The molecule has 0 saturated heterocycles. The predicted molar refractivity (Wildman–Crippen MR) is 57.1 cm³/mol. The molecule has 1 aromatic heterocycles. The normalized spacial score (nSPS) is 25.2. The first-order valence-electron chi connectivity index (χ1n) is 4.94. The Kier molecular flexibility index (Phi) is 1.58. The largest absolute Gasteiger partial charge is 0.327 e. The third kappa shape index (κ3) is 1.11. The van der Waals surface area contributed by atoms with Crippen LogP contribution in [0, 0.1) is 0 Å². The van der Waals surface area contributed by atoms with E-state index in [1.165, 1.54) is 16.3 Å². The van der Waals surface area contributed by atoms with Crippen LogP contribution in [-0.2, 0) is 0 Å². The van der Waals surface area contributed by atoms with Gasteiger partial charge in [-0.3, -0.25) is 4.98 Å². The van der Waals surface area contributed by atoms with Crippen molar-refractivity contribution in [1.82, 2.24) is 4.98 Å². The lowest BCUT2D eigenvalue weighted by molar-refractivity contribution is 0.997. The molecule has 70 valence electrons. The monoisotopic (exact) mass is 184 g/mol. The van der Waals surface area contributed by atoms with E-state index in [0.29, 0.717) is 12.0 Å². The lowest BCUT2D eigenvalue weighted by Crippen LogP contribution is -2.01. The van der Waals surface area contributed by atoms with Crippen LogP contribution in [0.5, 0.6) is 0 Å². The van der Waals surface area contributed by atoms with Gasteiger partial charge < -0.3 is 5.73 Å². The highest BCUT2D eigenvalue weighted by atomic mass is 14.7. The SMILES string of the molecule is N[C@@H]1C[C@H]1c1cccc2cnccc12. The summed E-state index contributed by atoms with van der Waals surface area (Å²) in [5.74, 6) is 0.570. The molecule has 0 amide bonds. The smallest absolute Gasteiger partial charge is 0.0346 e. The van der Waals surface area contributed by atoms with Crippen molar-refractivity contribution in [2.75, 3.05) is 0 Å². The molecular formula is C12H12N2. The molecule has 0 spiro atoms. The average molecular weight is 184 g/mol. The van der Waals surface area contributed by atoms with Gasteiger partial charge in [-0.15, -0.1) is 0 Å². The van der Waals surface area contributed by atoms with E-state index >= 15 is 0 Å². The van der Waals surface area contributed by atoms with Crippen molar-refractivity contribution in [3.63, 3.8) is 0 Å². The number of hydrogen-bond acceptors (Lipinski definition) is 2. The van der Waals surface area contributed by atoms with E-state index in [9.17, 15) is 0 Å². The van der Waals surface area contributed by atoms with Crippen LogP contribution in [0.25, 0.3) is 10.8 Å². The predicted octanol–water partition coefficient (Wildman–Crippen LogP) is 2.05. The Bertz CT molecular complexity index is 473. The molecule has 1 saturated carbocycles. The Morgan fingerprint density at radius 3 is 2.93 bits per heavy atom. The fourth-order valence-electron chi connectivity index (χ4n) is 2.04. The summed E-state index contributed by atoms with van der Waals surface area (Å²) in [6.07, 6.45) is 4.88. The Labute approximate surface area is 82.8 Å². The molecule has 0 unspecified atom stereocenters. The minimum Gasteiger partial charge on any atom is -0.327 e. The molecule has 3 rings (SSSR count). The van der Waals surface area contributed by atoms with Gasteiger partial charge in [0, 0.05) is 29.7 Å². The molecular weight excluding hydrogens is 172 g/mol. The minimum absolute atomic E-state index is 0.369. The van der Waals surface area contributed by atoms with Gasteiger partial charge in [0.1, 0.15) is 0 Å². The summed E-state index contributed by atoms with van der Waals surface area (Å²) < 4.78 is 0. The highest BCUT2D eigenvalue weighted by Crippen LogP contribution is 2.41. The molecule has 1 fully saturated rings. The maximum absolute atomic E-state index is 5.87. The van der Waals surface area contributed by atoms with Crippen molar-refractivity contribution in [2.45, 2.75) is 18.4 Å². The van der Waals surface area contributed by atoms with Gasteiger partial charge in [-0.1, -0.05) is 18.2 Å². The number of aromatic nitrogens is 1. The molecule has 2 heteroatoms. The second kappa shape index (κ2) is 2.79.